The molecule has 1 heterocycles. The molecule has 0 spiro atoms. The Morgan fingerprint density at radius 1 is 1.39 bits per heavy atom. The van der Waals surface area contributed by atoms with E-state index in [1.54, 1.807) is 14.0 Å². The van der Waals surface area contributed by atoms with Crippen molar-refractivity contribution >= 4 is 0 Å². The van der Waals surface area contributed by atoms with E-state index < -0.39 is 11.7 Å². The first-order chi connectivity index (χ1) is 10.8. The van der Waals surface area contributed by atoms with Crippen molar-refractivity contribution in [2.45, 2.75) is 19.6 Å². The van der Waals surface area contributed by atoms with Crippen molar-refractivity contribution < 1.29 is 17.7 Å². The van der Waals surface area contributed by atoms with Crippen molar-refractivity contribution in [2.75, 3.05) is 13.6 Å². The number of rotatable bonds is 5. The smallest absolute Gasteiger partial charge is 0.338 e. The maximum absolute atomic E-state index is 12.7. The van der Waals surface area contributed by atoms with Crippen molar-refractivity contribution in [3.63, 3.8) is 0 Å². The van der Waals surface area contributed by atoms with Crippen molar-refractivity contribution in [3.05, 3.63) is 35.7 Å². The number of alkyl halides is 3. The minimum absolute atomic E-state index is 0.104. The van der Waals surface area contributed by atoms with E-state index in [0.717, 1.165) is 12.1 Å². The molecule has 0 saturated carbocycles. The van der Waals surface area contributed by atoms with Gasteiger partial charge in [-0.3, -0.25) is 4.90 Å². The highest BCUT2D eigenvalue weighted by Crippen LogP contribution is 2.31. The summed E-state index contributed by atoms with van der Waals surface area (Å²) in [6, 6.07) is 6.88. The van der Waals surface area contributed by atoms with E-state index in [-0.39, 0.29) is 23.2 Å². The third-order valence-electron chi connectivity index (χ3n) is 3.13. The number of benzene rings is 1. The van der Waals surface area contributed by atoms with E-state index in [2.05, 4.69) is 16.2 Å². The molecule has 0 bridgehead atoms. The van der Waals surface area contributed by atoms with Crippen LogP contribution in [0.5, 0.6) is 0 Å². The zero-order valence-electron chi connectivity index (χ0n) is 12.6. The lowest BCUT2D eigenvalue weighted by Crippen LogP contribution is -2.23. The molecule has 0 unspecified atom stereocenters. The summed E-state index contributed by atoms with van der Waals surface area (Å²) in [5, 5.41) is 12.5. The summed E-state index contributed by atoms with van der Waals surface area (Å²) in [6.07, 6.45) is -4.42. The Morgan fingerprint density at radius 3 is 2.78 bits per heavy atom. The largest absolute Gasteiger partial charge is 0.416 e. The lowest BCUT2D eigenvalue weighted by Gasteiger charge is -2.14. The molecule has 1 aromatic heterocycles. The normalized spacial score (nSPS) is 13.1. The van der Waals surface area contributed by atoms with Crippen LogP contribution in [0.15, 0.2) is 28.8 Å². The van der Waals surface area contributed by atoms with E-state index in [4.69, 9.17) is 9.78 Å². The standard InChI is InChI=1S/C15H15F3N4O/c1-10(7-19)8-22(2)9-13-20-14(21-23-13)11-4-3-5-12(6-11)15(16,17)18/h3-6,10H,8-9H2,1-2H3/t10-/m0/s1. The van der Waals surface area contributed by atoms with E-state index in [1.807, 2.05) is 4.90 Å². The quantitative estimate of drug-likeness (QED) is 0.844. The predicted molar refractivity (Wildman–Crippen MR) is 75.8 cm³/mol. The maximum Gasteiger partial charge on any atom is 0.416 e. The number of nitriles is 1. The third kappa shape index (κ3) is 4.53. The van der Waals surface area contributed by atoms with Gasteiger partial charge in [0.25, 0.3) is 0 Å². The highest BCUT2D eigenvalue weighted by atomic mass is 19.4. The lowest BCUT2D eigenvalue weighted by molar-refractivity contribution is -0.137. The Hall–Kier alpha value is -2.40. The molecular formula is C15H15F3N4O. The molecule has 2 aromatic rings. The van der Waals surface area contributed by atoms with Crippen LogP contribution in [0, 0.1) is 17.2 Å². The second-order valence-electron chi connectivity index (χ2n) is 5.32. The van der Waals surface area contributed by atoms with Crippen LogP contribution in [0.25, 0.3) is 11.4 Å². The molecule has 0 aliphatic rings. The molecule has 0 saturated heterocycles. The minimum atomic E-state index is -4.42. The maximum atomic E-state index is 12.7. The van der Waals surface area contributed by atoms with Crippen LogP contribution >= 0.6 is 0 Å². The number of halogens is 3. The van der Waals surface area contributed by atoms with Gasteiger partial charge in [0.1, 0.15) is 0 Å². The van der Waals surface area contributed by atoms with Crippen LogP contribution in [0.1, 0.15) is 18.4 Å². The number of hydrogen-bond acceptors (Lipinski definition) is 5. The minimum Gasteiger partial charge on any atom is -0.338 e. The summed E-state index contributed by atoms with van der Waals surface area (Å²) < 4.78 is 43.2. The molecule has 8 heteroatoms. The number of aromatic nitrogens is 2. The van der Waals surface area contributed by atoms with E-state index in [0.29, 0.717) is 13.1 Å². The van der Waals surface area contributed by atoms with Gasteiger partial charge in [0.2, 0.25) is 11.7 Å². The van der Waals surface area contributed by atoms with Gasteiger partial charge in [0, 0.05) is 12.1 Å². The first kappa shape index (κ1) is 17.0. The second-order valence-corrected chi connectivity index (χ2v) is 5.32. The van der Waals surface area contributed by atoms with Crippen molar-refractivity contribution in [1.82, 2.24) is 15.0 Å². The average Bonchev–Trinajstić information content (AvgIpc) is 2.94. The fraction of sp³-hybridized carbons (Fsp3) is 0.400. The molecule has 0 amide bonds. The predicted octanol–water partition coefficient (Wildman–Crippen LogP) is 3.35. The fourth-order valence-corrected chi connectivity index (χ4v) is 2.07. The molecule has 0 aliphatic heterocycles. The van der Waals surface area contributed by atoms with Gasteiger partial charge in [-0.2, -0.15) is 23.4 Å². The monoisotopic (exact) mass is 324 g/mol. The summed E-state index contributed by atoms with van der Waals surface area (Å²) in [5.41, 5.74) is -0.524. The van der Waals surface area contributed by atoms with Crippen LogP contribution in [-0.2, 0) is 12.7 Å². The molecule has 2 rings (SSSR count). The summed E-state index contributed by atoms with van der Waals surface area (Å²) in [7, 11) is 1.79. The van der Waals surface area contributed by atoms with E-state index in [1.165, 1.54) is 12.1 Å². The molecule has 122 valence electrons. The topological polar surface area (TPSA) is 66.0 Å². The van der Waals surface area contributed by atoms with E-state index in [9.17, 15) is 13.2 Å². The third-order valence-corrected chi connectivity index (χ3v) is 3.13. The summed E-state index contributed by atoms with van der Waals surface area (Å²) in [5.74, 6) is 0.240. The molecule has 0 radical (unpaired) electrons. The zero-order valence-corrected chi connectivity index (χ0v) is 12.6. The van der Waals surface area contributed by atoms with Gasteiger partial charge in [-0.25, -0.2) is 0 Å². The molecule has 23 heavy (non-hydrogen) atoms. The Kier molecular flexibility index (Phi) is 5.01. The zero-order chi connectivity index (χ0) is 17.0. The summed E-state index contributed by atoms with van der Waals surface area (Å²) in [4.78, 5) is 5.94. The Labute approximate surface area is 131 Å². The van der Waals surface area contributed by atoms with Crippen LogP contribution in [-0.4, -0.2) is 28.6 Å². The van der Waals surface area contributed by atoms with Gasteiger partial charge in [-0.15, -0.1) is 0 Å². The highest BCUT2D eigenvalue weighted by Gasteiger charge is 2.30. The Morgan fingerprint density at radius 2 is 2.13 bits per heavy atom. The number of nitrogens with zero attached hydrogens (tertiary/aromatic N) is 4. The second kappa shape index (κ2) is 6.79. The van der Waals surface area contributed by atoms with Gasteiger partial charge < -0.3 is 4.52 Å². The molecule has 1 atom stereocenters. The highest BCUT2D eigenvalue weighted by molar-refractivity contribution is 5.55. The number of hydrogen-bond donors (Lipinski definition) is 0. The van der Waals surface area contributed by atoms with E-state index >= 15 is 0 Å². The molecular weight excluding hydrogens is 309 g/mol. The van der Waals surface area contributed by atoms with Crippen molar-refractivity contribution in [2.24, 2.45) is 5.92 Å². The van der Waals surface area contributed by atoms with Gasteiger partial charge in [0.15, 0.2) is 0 Å². The Bertz CT molecular complexity index is 705. The lowest BCUT2D eigenvalue weighted by atomic mass is 10.1. The van der Waals surface area contributed by atoms with Gasteiger partial charge in [-0.05, 0) is 26.1 Å². The average molecular weight is 324 g/mol. The van der Waals surface area contributed by atoms with Gasteiger partial charge in [-0.1, -0.05) is 17.3 Å². The molecule has 0 fully saturated rings. The van der Waals surface area contributed by atoms with Crippen LogP contribution in [0.3, 0.4) is 0 Å². The van der Waals surface area contributed by atoms with Gasteiger partial charge in [0.05, 0.1) is 24.1 Å². The fourth-order valence-electron chi connectivity index (χ4n) is 2.07. The Balaban J connectivity index is 2.12. The summed E-state index contributed by atoms with van der Waals surface area (Å²) >= 11 is 0. The SMILES string of the molecule is C[C@@H](C#N)CN(C)Cc1nc(-c2cccc(C(F)(F)F)c2)no1. The van der Waals surface area contributed by atoms with Gasteiger partial charge >= 0.3 is 6.18 Å². The van der Waals surface area contributed by atoms with Crippen LogP contribution < -0.4 is 0 Å². The first-order valence-corrected chi connectivity index (χ1v) is 6.88. The molecule has 1 aromatic carbocycles. The van der Waals surface area contributed by atoms with Crippen LogP contribution in [0.2, 0.25) is 0 Å². The van der Waals surface area contributed by atoms with Crippen molar-refractivity contribution in [1.29, 1.82) is 5.26 Å². The van der Waals surface area contributed by atoms with Crippen LogP contribution in [0.4, 0.5) is 13.2 Å². The molecule has 0 aliphatic carbocycles. The first-order valence-electron chi connectivity index (χ1n) is 6.88. The van der Waals surface area contributed by atoms with Crippen molar-refractivity contribution in [3.8, 4) is 17.5 Å². The summed E-state index contributed by atoms with van der Waals surface area (Å²) in [6.45, 7) is 2.63. The molecule has 0 N–H and O–H groups in total. The molecule has 5 nitrogen and oxygen atoms in total.